The second-order valence-electron chi connectivity index (χ2n) is 4.20. The lowest BCUT2D eigenvalue weighted by Gasteiger charge is -2.12. The summed E-state index contributed by atoms with van der Waals surface area (Å²) in [7, 11) is 0. The number of rotatable bonds is 5. The summed E-state index contributed by atoms with van der Waals surface area (Å²) in [5, 5.41) is 9.06. The van der Waals surface area contributed by atoms with Gasteiger partial charge in [-0.25, -0.2) is 14.8 Å². The maximum Gasteiger partial charge on any atom is 0.339 e. The van der Waals surface area contributed by atoms with Crippen molar-refractivity contribution in [2.45, 2.75) is 38.7 Å². The van der Waals surface area contributed by atoms with Gasteiger partial charge in [0.05, 0.1) is 11.3 Å². The Hall–Kier alpha value is -1.49. The molecule has 5 heteroatoms. The van der Waals surface area contributed by atoms with Crippen LogP contribution in [0.15, 0.2) is 6.20 Å². The van der Waals surface area contributed by atoms with E-state index < -0.39 is 5.97 Å². The highest BCUT2D eigenvalue weighted by molar-refractivity contribution is 5.88. The van der Waals surface area contributed by atoms with Crippen LogP contribution in [0.2, 0.25) is 0 Å². The Labute approximate surface area is 99.9 Å². The maximum absolute atomic E-state index is 11.0. The molecule has 1 aromatic rings. The van der Waals surface area contributed by atoms with E-state index in [9.17, 15) is 4.79 Å². The quantitative estimate of drug-likeness (QED) is 0.848. The molecule has 0 amide bonds. The molecule has 1 heterocycles. The van der Waals surface area contributed by atoms with Crippen molar-refractivity contribution in [3.63, 3.8) is 0 Å². The van der Waals surface area contributed by atoms with E-state index in [1.165, 1.54) is 6.20 Å². The molecular weight excluding hydrogens is 220 g/mol. The number of aromatic nitrogens is 2. The standard InChI is InChI=1S/C12H16N2O3/c1-3-17-7(2)11-13-6-9(12(15)16)10(14-11)8-4-5-8/h6-8H,3-5H2,1-2H3,(H,15,16). The second kappa shape index (κ2) is 4.79. The average molecular weight is 236 g/mol. The van der Waals surface area contributed by atoms with Crippen LogP contribution in [0.4, 0.5) is 0 Å². The first-order valence-corrected chi connectivity index (χ1v) is 5.85. The normalized spacial score (nSPS) is 16.8. The summed E-state index contributed by atoms with van der Waals surface area (Å²) >= 11 is 0. The van der Waals surface area contributed by atoms with Gasteiger partial charge in [0.25, 0.3) is 0 Å². The summed E-state index contributed by atoms with van der Waals surface area (Å²) in [6, 6.07) is 0. The topological polar surface area (TPSA) is 72.3 Å². The maximum atomic E-state index is 11.0. The highest BCUT2D eigenvalue weighted by Crippen LogP contribution is 2.40. The summed E-state index contributed by atoms with van der Waals surface area (Å²) in [6.07, 6.45) is 3.23. The highest BCUT2D eigenvalue weighted by atomic mass is 16.5. The molecule has 0 radical (unpaired) electrons. The van der Waals surface area contributed by atoms with Gasteiger partial charge in [-0.1, -0.05) is 0 Å². The van der Waals surface area contributed by atoms with Gasteiger partial charge in [-0.3, -0.25) is 0 Å². The van der Waals surface area contributed by atoms with Gasteiger partial charge >= 0.3 is 5.97 Å². The molecule has 1 unspecified atom stereocenters. The van der Waals surface area contributed by atoms with Crippen LogP contribution >= 0.6 is 0 Å². The molecule has 0 aliphatic heterocycles. The van der Waals surface area contributed by atoms with Crippen molar-refractivity contribution >= 4 is 5.97 Å². The van der Waals surface area contributed by atoms with E-state index in [2.05, 4.69) is 9.97 Å². The lowest BCUT2D eigenvalue weighted by atomic mass is 10.1. The van der Waals surface area contributed by atoms with E-state index in [0.717, 1.165) is 12.8 Å². The fraction of sp³-hybridized carbons (Fsp3) is 0.583. The predicted octanol–water partition coefficient (Wildman–Crippen LogP) is 2.15. The lowest BCUT2D eigenvalue weighted by Crippen LogP contribution is -2.11. The zero-order valence-corrected chi connectivity index (χ0v) is 10.0. The SMILES string of the molecule is CCOC(C)c1ncc(C(=O)O)c(C2CC2)n1. The third-order valence-electron chi connectivity index (χ3n) is 2.81. The molecular formula is C12H16N2O3. The van der Waals surface area contributed by atoms with Gasteiger partial charge in [-0.15, -0.1) is 0 Å². The molecule has 5 nitrogen and oxygen atoms in total. The van der Waals surface area contributed by atoms with Gasteiger partial charge in [0.2, 0.25) is 0 Å². The monoisotopic (exact) mass is 236 g/mol. The van der Waals surface area contributed by atoms with Gasteiger partial charge in [0, 0.05) is 18.7 Å². The van der Waals surface area contributed by atoms with Gasteiger partial charge in [-0.2, -0.15) is 0 Å². The minimum atomic E-state index is -0.956. The number of hydrogen-bond acceptors (Lipinski definition) is 4. The second-order valence-corrected chi connectivity index (χ2v) is 4.20. The molecule has 1 saturated carbocycles. The van der Waals surface area contributed by atoms with Gasteiger partial charge in [0.15, 0.2) is 5.82 Å². The van der Waals surface area contributed by atoms with Crippen molar-refractivity contribution in [3.05, 3.63) is 23.3 Å². The highest BCUT2D eigenvalue weighted by Gasteiger charge is 2.30. The molecule has 2 rings (SSSR count). The molecule has 0 aromatic carbocycles. The van der Waals surface area contributed by atoms with Crippen LogP contribution in [-0.4, -0.2) is 27.7 Å². The van der Waals surface area contributed by atoms with Crippen LogP contribution in [0.3, 0.4) is 0 Å². The van der Waals surface area contributed by atoms with Crippen LogP contribution in [0.25, 0.3) is 0 Å². The third-order valence-corrected chi connectivity index (χ3v) is 2.81. The zero-order valence-electron chi connectivity index (χ0n) is 10.0. The molecule has 1 aliphatic rings. The number of aromatic carboxylic acids is 1. The van der Waals surface area contributed by atoms with E-state index in [1.54, 1.807) is 0 Å². The number of carboxylic acid groups (broad SMARTS) is 1. The Morgan fingerprint density at radius 1 is 1.65 bits per heavy atom. The lowest BCUT2D eigenvalue weighted by molar-refractivity contribution is 0.0672. The number of hydrogen-bond donors (Lipinski definition) is 1. The molecule has 0 spiro atoms. The molecule has 0 saturated heterocycles. The van der Waals surface area contributed by atoms with Gasteiger partial charge in [-0.05, 0) is 26.7 Å². The van der Waals surface area contributed by atoms with Crippen LogP contribution in [0.5, 0.6) is 0 Å². The minimum absolute atomic E-state index is 0.194. The molecule has 92 valence electrons. The molecule has 1 fully saturated rings. The Kier molecular flexibility index (Phi) is 3.38. The number of ether oxygens (including phenoxy) is 1. The summed E-state index contributed by atoms with van der Waals surface area (Å²) in [6.45, 7) is 4.36. The fourth-order valence-electron chi connectivity index (χ4n) is 1.76. The zero-order chi connectivity index (χ0) is 12.4. The van der Waals surface area contributed by atoms with Crippen LogP contribution < -0.4 is 0 Å². The largest absolute Gasteiger partial charge is 0.478 e. The Balaban J connectivity index is 2.31. The Bertz CT molecular complexity index is 430. The van der Waals surface area contributed by atoms with Crippen molar-refractivity contribution in [1.82, 2.24) is 9.97 Å². The molecule has 1 N–H and O–H groups in total. The van der Waals surface area contributed by atoms with Crippen LogP contribution in [0, 0.1) is 0 Å². The first-order chi connectivity index (χ1) is 8.13. The van der Waals surface area contributed by atoms with Crippen molar-refractivity contribution in [3.8, 4) is 0 Å². The summed E-state index contributed by atoms with van der Waals surface area (Å²) in [4.78, 5) is 19.5. The van der Waals surface area contributed by atoms with Gasteiger partial charge < -0.3 is 9.84 Å². The fourth-order valence-corrected chi connectivity index (χ4v) is 1.76. The van der Waals surface area contributed by atoms with Crippen molar-refractivity contribution in [2.75, 3.05) is 6.61 Å². The molecule has 1 aromatic heterocycles. The van der Waals surface area contributed by atoms with E-state index in [-0.39, 0.29) is 17.6 Å². The van der Waals surface area contributed by atoms with E-state index >= 15 is 0 Å². The Morgan fingerprint density at radius 3 is 2.88 bits per heavy atom. The van der Waals surface area contributed by atoms with E-state index in [0.29, 0.717) is 18.1 Å². The molecule has 1 atom stereocenters. The number of carbonyl (C=O) groups is 1. The van der Waals surface area contributed by atoms with Crippen LogP contribution in [-0.2, 0) is 4.74 Å². The van der Waals surface area contributed by atoms with E-state index in [1.807, 2.05) is 13.8 Å². The first-order valence-electron chi connectivity index (χ1n) is 5.85. The van der Waals surface area contributed by atoms with Gasteiger partial charge in [0.1, 0.15) is 6.10 Å². The summed E-state index contributed by atoms with van der Waals surface area (Å²) in [5.41, 5.74) is 0.883. The third kappa shape index (κ3) is 2.61. The smallest absolute Gasteiger partial charge is 0.339 e. The average Bonchev–Trinajstić information content (AvgIpc) is 3.12. The summed E-state index contributed by atoms with van der Waals surface area (Å²) in [5.74, 6) is -0.0991. The van der Waals surface area contributed by atoms with Crippen molar-refractivity contribution < 1.29 is 14.6 Å². The Morgan fingerprint density at radius 2 is 2.35 bits per heavy atom. The molecule has 17 heavy (non-hydrogen) atoms. The summed E-state index contributed by atoms with van der Waals surface area (Å²) < 4.78 is 5.41. The predicted molar refractivity (Wildman–Crippen MR) is 61.0 cm³/mol. The molecule has 1 aliphatic carbocycles. The van der Waals surface area contributed by atoms with E-state index in [4.69, 9.17) is 9.84 Å². The van der Waals surface area contributed by atoms with Crippen molar-refractivity contribution in [2.24, 2.45) is 0 Å². The molecule has 0 bridgehead atoms. The minimum Gasteiger partial charge on any atom is -0.478 e. The van der Waals surface area contributed by atoms with Crippen LogP contribution in [0.1, 0.15) is 60.6 Å². The van der Waals surface area contributed by atoms with Crippen molar-refractivity contribution in [1.29, 1.82) is 0 Å². The number of carboxylic acids is 1. The first kappa shape index (κ1) is 12.0. The number of nitrogens with zero attached hydrogens (tertiary/aromatic N) is 2.